The zero-order chi connectivity index (χ0) is 17.6. The molecule has 0 bridgehead atoms. The number of amides is 3. The maximum absolute atomic E-state index is 12.9. The smallest absolute Gasteiger partial charge is 0.321 e. The van der Waals surface area contributed by atoms with Gasteiger partial charge in [0.25, 0.3) is 0 Å². The molecule has 0 aliphatic carbocycles. The van der Waals surface area contributed by atoms with Crippen LogP contribution in [0.4, 0.5) is 16.2 Å². The van der Waals surface area contributed by atoms with Crippen molar-refractivity contribution in [3.05, 3.63) is 59.7 Å². The van der Waals surface area contributed by atoms with E-state index >= 15 is 0 Å². The molecule has 2 aliphatic heterocycles. The van der Waals surface area contributed by atoms with Crippen molar-refractivity contribution in [1.29, 1.82) is 0 Å². The van der Waals surface area contributed by atoms with Crippen molar-refractivity contribution < 1.29 is 9.59 Å². The Labute approximate surface area is 147 Å². The molecule has 5 heteroatoms. The van der Waals surface area contributed by atoms with Crippen LogP contribution in [-0.4, -0.2) is 37.0 Å². The van der Waals surface area contributed by atoms with Crippen molar-refractivity contribution in [1.82, 2.24) is 4.90 Å². The third-order valence-corrected chi connectivity index (χ3v) is 5.44. The van der Waals surface area contributed by atoms with E-state index < -0.39 is 5.41 Å². The highest BCUT2D eigenvalue weighted by atomic mass is 16.2. The number of anilines is 2. The number of aryl methyl sites for hydroxylation is 1. The quantitative estimate of drug-likeness (QED) is 0.870. The molecule has 128 valence electrons. The van der Waals surface area contributed by atoms with E-state index in [2.05, 4.69) is 5.32 Å². The third-order valence-electron chi connectivity index (χ3n) is 5.44. The predicted molar refractivity (Wildman–Crippen MR) is 97.9 cm³/mol. The Kier molecular flexibility index (Phi) is 3.53. The van der Waals surface area contributed by atoms with E-state index in [0.717, 1.165) is 22.5 Å². The second-order valence-electron chi connectivity index (χ2n) is 6.88. The Morgan fingerprint density at radius 2 is 1.84 bits per heavy atom. The van der Waals surface area contributed by atoms with Crippen molar-refractivity contribution in [2.24, 2.45) is 0 Å². The van der Waals surface area contributed by atoms with Crippen molar-refractivity contribution in [3.63, 3.8) is 0 Å². The number of urea groups is 1. The van der Waals surface area contributed by atoms with E-state index in [-0.39, 0.29) is 11.9 Å². The van der Waals surface area contributed by atoms with Crippen LogP contribution in [-0.2, 0) is 10.2 Å². The second-order valence-corrected chi connectivity index (χ2v) is 6.88. The van der Waals surface area contributed by atoms with Gasteiger partial charge >= 0.3 is 6.03 Å². The van der Waals surface area contributed by atoms with Crippen LogP contribution >= 0.6 is 0 Å². The number of hydrogen-bond donors (Lipinski definition) is 1. The lowest BCUT2D eigenvalue weighted by Gasteiger charge is -2.24. The first-order valence-corrected chi connectivity index (χ1v) is 8.52. The fourth-order valence-corrected chi connectivity index (χ4v) is 4.00. The molecule has 2 aliphatic rings. The number of rotatable bonds is 1. The minimum absolute atomic E-state index is 0.0832. The van der Waals surface area contributed by atoms with Crippen LogP contribution in [0.1, 0.15) is 17.5 Å². The van der Waals surface area contributed by atoms with Gasteiger partial charge in [0.1, 0.15) is 0 Å². The molecule has 1 saturated heterocycles. The fraction of sp³-hybridized carbons (Fsp3) is 0.300. The van der Waals surface area contributed by atoms with Gasteiger partial charge in [0.15, 0.2) is 0 Å². The highest BCUT2D eigenvalue weighted by molar-refractivity contribution is 6.08. The summed E-state index contributed by atoms with van der Waals surface area (Å²) < 4.78 is 0. The monoisotopic (exact) mass is 335 g/mol. The van der Waals surface area contributed by atoms with Crippen molar-refractivity contribution >= 4 is 23.3 Å². The predicted octanol–water partition coefficient (Wildman–Crippen LogP) is 3.15. The highest BCUT2D eigenvalue weighted by Gasteiger charge is 2.54. The molecule has 1 spiro atoms. The average Bonchev–Trinajstić information content (AvgIpc) is 3.16. The van der Waals surface area contributed by atoms with Crippen molar-refractivity contribution in [2.45, 2.75) is 18.8 Å². The zero-order valence-electron chi connectivity index (χ0n) is 14.5. The molecule has 1 fully saturated rings. The summed E-state index contributed by atoms with van der Waals surface area (Å²) in [4.78, 5) is 29.1. The molecule has 3 amide bonds. The zero-order valence-corrected chi connectivity index (χ0v) is 14.5. The van der Waals surface area contributed by atoms with Gasteiger partial charge in [-0.1, -0.05) is 36.4 Å². The number of nitrogens with zero attached hydrogens (tertiary/aromatic N) is 2. The van der Waals surface area contributed by atoms with Crippen LogP contribution in [0.2, 0.25) is 0 Å². The molecule has 2 aromatic rings. The standard InChI is InChI=1S/C20H21N3O2/c1-14-7-3-5-9-16(14)21-19(25)23-12-11-20(13-23)15-8-4-6-10-17(15)22(2)18(20)24/h3-10H,11-13H2,1-2H3,(H,21,25)/t20-/m1/s1. The summed E-state index contributed by atoms with van der Waals surface area (Å²) in [6.45, 7) is 2.96. The Balaban J connectivity index is 1.58. The number of likely N-dealkylation sites (tertiary alicyclic amines) is 1. The average molecular weight is 335 g/mol. The van der Waals surface area contributed by atoms with Gasteiger partial charge < -0.3 is 15.1 Å². The van der Waals surface area contributed by atoms with E-state index in [4.69, 9.17) is 0 Å². The molecule has 1 atom stereocenters. The van der Waals surface area contributed by atoms with Crippen LogP contribution in [0.25, 0.3) is 0 Å². The molecular formula is C20H21N3O2. The highest BCUT2D eigenvalue weighted by Crippen LogP contribution is 2.46. The molecule has 0 unspecified atom stereocenters. The van der Waals surface area contributed by atoms with E-state index in [0.29, 0.717) is 19.5 Å². The number of hydrogen-bond acceptors (Lipinski definition) is 2. The molecule has 1 N–H and O–H groups in total. The second kappa shape index (κ2) is 5.62. The van der Waals surface area contributed by atoms with Crippen LogP contribution in [0.15, 0.2) is 48.5 Å². The molecule has 0 saturated carbocycles. The van der Waals surface area contributed by atoms with Crippen LogP contribution in [0.3, 0.4) is 0 Å². The Bertz CT molecular complexity index is 864. The maximum Gasteiger partial charge on any atom is 0.321 e. The van der Waals surface area contributed by atoms with Crippen LogP contribution < -0.4 is 10.2 Å². The van der Waals surface area contributed by atoms with Crippen LogP contribution in [0.5, 0.6) is 0 Å². The van der Waals surface area contributed by atoms with Gasteiger partial charge in [-0.05, 0) is 36.6 Å². The molecule has 4 rings (SSSR count). The van der Waals surface area contributed by atoms with E-state index in [9.17, 15) is 9.59 Å². The summed E-state index contributed by atoms with van der Waals surface area (Å²) in [5.41, 5.74) is 3.21. The number of para-hydroxylation sites is 2. The van der Waals surface area contributed by atoms with Gasteiger partial charge in [-0.3, -0.25) is 4.79 Å². The topological polar surface area (TPSA) is 52.7 Å². The van der Waals surface area contributed by atoms with Gasteiger partial charge in [0, 0.05) is 31.5 Å². The Morgan fingerprint density at radius 1 is 1.12 bits per heavy atom. The summed E-state index contributed by atoms with van der Waals surface area (Å²) in [6.07, 6.45) is 0.661. The summed E-state index contributed by atoms with van der Waals surface area (Å²) in [5.74, 6) is 0.0832. The van der Waals surface area contributed by atoms with Gasteiger partial charge in [-0.15, -0.1) is 0 Å². The number of fused-ring (bicyclic) bond motifs is 2. The number of benzene rings is 2. The normalized spacial score (nSPS) is 21.8. The van der Waals surface area contributed by atoms with Crippen LogP contribution in [0, 0.1) is 6.92 Å². The molecule has 0 aromatic heterocycles. The lowest BCUT2D eigenvalue weighted by molar-refractivity contribution is -0.122. The van der Waals surface area contributed by atoms with Gasteiger partial charge in [0.2, 0.25) is 5.91 Å². The Hall–Kier alpha value is -2.82. The van der Waals surface area contributed by atoms with Gasteiger partial charge in [-0.2, -0.15) is 0 Å². The lowest BCUT2D eigenvalue weighted by Crippen LogP contribution is -2.43. The number of carbonyl (C=O) groups excluding carboxylic acids is 2. The third kappa shape index (κ3) is 2.30. The fourth-order valence-electron chi connectivity index (χ4n) is 4.00. The molecular weight excluding hydrogens is 314 g/mol. The number of nitrogens with one attached hydrogen (secondary N) is 1. The van der Waals surface area contributed by atoms with Crippen molar-refractivity contribution in [3.8, 4) is 0 Å². The molecule has 5 nitrogen and oxygen atoms in total. The summed E-state index contributed by atoms with van der Waals surface area (Å²) in [7, 11) is 1.81. The van der Waals surface area contributed by atoms with Gasteiger partial charge in [-0.25, -0.2) is 4.79 Å². The summed E-state index contributed by atoms with van der Waals surface area (Å²) >= 11 is 0. The minimum Gasteiger partial charge on any atom is -0.323 e. The van der Waals surface area contributed by atoms with Crippen molar-refractivity contribution in [2.75, 3.05) is 30.4 Å². The summed E-state index contributed by atoms with van der Waals surface area (Å²) in [5, 5.41) is 2.97. The largest absolute Gasteiger partial charge is 0.323 e. The van der Waals surface area contributed by atoms with E-state index in [1.807, 2.05) is 62.5 Å². The molecule has 2 aromatic carbocycles. The molecule has 2 heterocycles. The number of likely N-dealkylation sites (N-methyl/N-ethyl adjacent to an activating group) is 1. The van der Waals surface area contributed by atoms with E-state index in [1.165, 1.54) is 0 Å². The summed E-state index contributed by atoms with van der Waals surface area (Å²) in [6, 6.07) is 15.4. The first kappa shape index (κ1) is 15.7. The minimum atomic E-state index is -0.603. The Morgan fingerprint density at radius 3 is 2.64 bits per heavy atom. The molecule has 0 radical (unpaired) electrons. The van der Waals surface area contributed by atoms with Gasteiger partial charge in [0.05, 0.1) is 5.41 Å². The first-order valence-electron chi connectivity index (χ1n) is 8.52. The number of carbonyl (C=O) groups is 2. The maximum atomic E-state index is 12.9. The van der Waals surface area contributed by atoms with E-state index in [1.54, 1.807) is 9.80 Å². The first-order chi connectivity index (χ1) is 12.0. The lowest BCUT2D eigenvalue weighted by atomic mass is 9.81. The SMILES string of the molecule is Cc1ccccc1NC(=O)N1CC[C@]2(C1)C(=O)N(C)c1ccccc12. The molecule has 25 heavy (non-hydrogen) atoms.